The molecule has 2 heterocycles. The summed E-state index contributed by atoms with van der Waals surface area (Å²) in [4.78, 5) is 12.6. The maximum Gasteiger partial charge on any atom is 0.228 e. The number of hydrogen-bond acceptors (Lipinski definition) is 7. The van der Waals surface area contributed by atoms with Gasteiger partial charge in [-0.25, -0.2) is 9.97 Å². The van der Waals surface area contributed by atoms with E-state index in [1.54, 1.807) is 13.3 Å². The average Bonchev–Trinajstić information content (AvgIpc) is 2.80. The molecule has 0 spiro atoms. The fourth-order valence-electron chi connectivity index (χ4n) is 1.70. The third-order valence-electron chi connectivity index (χ3n) is 2.63. The molecule has 0 aliphatic heterocycles. The van der Waals surface area contributed by atoms with Crippen molar-refractivity contribution in [3.05, 3.63) is 23.6 Å². The summed E-state index contributed by atoms with van der Waals surface area (Å²) in [5.74, 6) is 2.96. The molecular weight excluding hydrogens is 244 g/mol. The quantitative estimate of drug-likeness (QED) is 0.816. The summed E-state index contributed by atoms with van der Waals surface area (Å²) in [7, 11) is 0. The van der Waals surface area contributed by atoms with Crippen molar-refractivity contribution in [1.82, 2.24) is 20.1 Å². The van der Waals surface area contributed by atoms with E-state index in [0.29, 0.717) is 24.7 Å². The van der Waals surface area contributed by atoms with Crippen molar-refractivity contribution in [3.8, 4) is 0 Å². The third-order valence-corrected chi connectivity index (χ3v) is 2.63. The molecule has 0 aliphatic carbocycles. The minimum Gasteiger partial charge on any atom is -0.370 e. The summed E-state index contributed by atoms with van der Waals surface area (Å²) in [6, 6.07) is 0. The minimum absolute atomic E-state index is 0.628. The fourth-order valence-corrected chi connectivity index (χ4v) is 1.70. The summed E-state index contributed by atoms with van der Waals surface area (Å²) >= 11 is 0. The predicted molar refractivity (Wildman–Crippen MR) is 72.2 cm³/mol. The Morgan fingerprint density at radius 1 is 1.16 bits per heavy atom. The Hall–Kier alpha value is -2.18. The molecule has 0 saturated carbocycles. The highest BCUT2D eigenvalue weighted by atomic mass is 16.5. The Labute approximate surface area is 111 Å². The van der Waals surface area contributed by atoms with Crippen molar-refractivity contribution in [2.24, 2.45) is 0 Å². The van der Waals surface area contributed by atoms with Crippen molar-refractivity contribution >= 4 is 11.6 Å². The van der Waals surface area contributed by atoms with Gasteiger partial charge in [-0.3, -0.25) is 0 Å². The first kappa shape index (κ1) is 13.3. The molecule has 19 heavy (non-hydrogen) atoms. The number of aromatic nitrogens is 4. The molecule has 102 valence electrons. The van der Waals surface area contributed by atoms with Crippen LogP contribution in [0.15, 0.2) is 10.9 Å². The lowest BCUT2D eigenvalue weighted by Crippen LogP contribution is -2.10. The summed E-state index contributed by atoms with van der Waals surface area (Å²) in [5, 5.41) is 10.2. The fraction of sp³-hybridized carbons (Fsp3) is 0.500. The van der Waals surface area contributed by atoms with Gasteiger partial charge in [0.15, 0.2) is 5.82 Å². The second-order valence-corrected chi connectivity index (χ2v) is 4.14. The van der Waals surface area contributed by atoms with Crippen LogP contribution in [0.25, 0.3) is 0 Å². The second kappa shape index (κ2) is 6.12. The van der Waals surface area contributed by atoms with Crippen LogP contribution < -0.4 is 10.6 Å². The molecule has 0 atom stereocenters. The smallest absolute Gasteiger partial charge is 0.228 e. The molecule has 0 bridgehead atoms. The van der Waals surface area contributed by atoms with Crippen LogP contribution >= 0.6 is 0 Å². The summed E-state index contributed by atoms with van der Waals surface area (Å²) in [6.07, 6.45) is 2.21. The highest BCUT2D eigenvalue weighted by Gasteiger charge is 2.07. The van der Waals surface area contributed by atoms with Gasteiger partial charge in [-0.1, -0.05) is 5.16 Å². The molecular formula is C12H18N6O. The van der Waals surface area contributed by atoms with Gasteiger partial charge < -0.3 is 15.2 Å². The lowest BCUT2D eigenvalue weighted by Gasteiger charge is -2.11. The van der Waals surface area contributed by atoms with Crippen LogP contribution in [0.4, 0.5) is 11.6 Å². The molecule has 0 aliphatic rings. The molecule has 2 N–H and O–H groups in total. The number of aryl methyl sites for hydroxylation is 1. The van der Waals surface area contributed by atoms with Crippen molar-refractivity contribution in [3.63, 3.8) is 0 Å². The SMILES string of the molecule is CCNc1ncnc(NCCc2nc(C)no2)c1C. The molecule has 0 aromatic carbocycles. The normalized spacial score (nSPS) is 10.5. The monoisotopic (exact) mass is 262 g/mol. The lowest BCUT2D eigenvalue weighted by molar-refractivity contribution is 0.377. The molecule has 0 saturated heterocycles. The van der Waals surface area contributed by atoms with Gasteiger partial charge in [0.05, 0.1) is 0 Å². The van der Waals surface area contributed by atoms with Crippen LogP contribution in [0.1, 0.15) is 24.2 Å². The van der Waals surface area contributed by atoms with E-state index in [1.807, 2.05) is 13.8 Å². The first-order valence-electron chi connectivity index (χ1n) is 6.29. The average molecular weight is 262 g/mol. The number of anilines is 2. The largest absolute Gasteiger partial charge is 0.370 e. The van der Waals surface area contributed by atoms with E-state index >= 15 is 0 Å². The van der Waals surface area contributed by atoms with Crippen LogP contribution in [-0.4, -0.2) is 33.2 Å². The van der Waals surface area contributed by atoms with Crippen molar-refractivity contribution in [2.75, 3.05) is 23.7 Å². The Kier molecular flexibility index (Phi) is 4.27. The van der Waals surface area contributed by atoms with Gasteiger partial charge in [-0.05, 0) is 20.8 Å². The molecule has 0 fully saturated rings. The van der Waals surface area contributed by atoms with Crippen molar-refractivity contribution in [2.45, 2.75) is 27.2 Å². The molecule has 2 aromatic heterocycles. The van der Waals surface area contributed by atoms with Gasteiger partial charge in [0.2, 0.25) is 5.89 Å². The van der Waals surface area contributed by atoms with E-state index in [-0.39, 0.29) is 0 Å². The minimum atomic E-state index is 0.628. The van der Waals surface area contributed by atoms with Crippen LogP contribution in [0.5, 0.6) is 0 Å². The standard InChI is InChI=1S/C12H18N6O/c1-4-13-11-8(2)12(16-7-15-11)14-6-5-10-17-9(3)18-19-10/h7H,4-6H2,1-3H3,(H2,13,14,15,16). The van der Waals surface area contributed by atoms with E-state index in [9.17, 15) is 0 Å². The van der Waals surface area contributed by atoms with Crippen LogP contribution in [-0.2, 0) is 6.42 Å². The molecule has 0 radical (unpaired) electrons. The topological polar surface area (TPSA) is 88.8 Å². The van der Waals surface area contributed by atoms with E-state index in [4.69, 9.17) is 4.52 Å². The molecule has 7 heteroatoms. The van der Waals surface area contributed by atoms with Crippen LogP contribution in [0, 0.1) is 13.8 Å². The maximum atomic E-state index is 5.05. The van der Waals surface area contributed by atoms with Crippen LogP contribution in [0.2, 0.25) is 0 Å². The highest BCUT2D eigenvalue weighted by molar-refractivity contribution is 5.56. The molecule has 0 amide bonds. The number of nitrogens with zero attached hydrogens (tertiary/aromatic N) is 4. The van der Waals surface area contributed by atoms with Gasteiger partial charge in [-0.15, -0.1) is 0 Å². The molecule has 7 nitrogen and oxygen atoms in total. The van der Waals surface area contributed by atoms with Gasteiger partial charge in [0.1, 0.15) is 18.0 Å². The van der Waals surface area contributed by atoms with Crippen molar-refractivity contribution in [1.29, 1.82) is 0 Å². The Bertz CT molecular complexity index is 539. The lowest BCUT2D eigenvalue weighted by atomic mass is 10.3. The van der Waals surface area contributed by atoms with Crippen LogP contribution in [0.3, 0.4) is 0 Å². The van der Waals surface area contributed by atoms with E-state index in [2.05, 4.69) is 30.7 Å². The van der Waals surface area contributed by atoms with Gasteiger partial charge in [0.25, 0.3) is 0 Å². The maximum absolute atomic E-state index is 5.05. The Balaban J connectivity index is 1.94. The zero-order chi connectivity index (χ0) is 13.7. The predicted octanol–water partition coefficient (Wildman–Crippen LogP) is 1.56. The first-order valence-corrected chi connectivity index (χ1v) is 6.29. The zero-order valence-electron chi connectivity index (χ0n) is 11.4. The summed E-state index contributed by atoms with van der Waals surface area (Å²) in [5.41, 5.74) is 1.01. The first-order chi connectivity index (χ1) is 9.20. The van der Waals surface area contributed by atoms with E-state index < -0.39 is 0 Å². The second-order valence-electron chi connectivity index (χ2n) is 4.14. The van der Waals surface area contributed by atoms with E-state index in [0.717, 1.165) is 23.7 Å². The third kappa shape index (κ3) is 3.40. The number of hydrogen-bond donors (Lipinski definition) is 2. The Morgan fingerprint density at radius 3 is 2.53 bits per heavy atom. The highest BCUT2D eigenvalue weighted by Crippen LogP contribution is 2.17. The van der Waals surface area contributed by atoms with Gasteiger partial charge in [0, 0.05) is 25.1 Å². The summed E-state index contributed by atoms with van der Waals surface area (Å²) in [6.45, 7) is 7.34. The Morgan fingerprint density at radius 2 is 1.89 bits per heavy atom. The number of rotatable bonds is 6. The van der Waals surface area contributed by atoms with E-state index in [1.165, 1.54) is 0 Å². The van der Waals surface area contributed by atoms with Gasteiger partial charge in [-0.2, -0.15) is 4.98 Å². The van der Waals surface area contributed by atoms with Gasteiger partial charge >= 0.3 is 0 Å². The summed E-state index contributed by atoms with van der Waals surface area (Å²) < 4.78 is 5.05. The van der Waals surface area contributed by atoms with Crippen molar-refractivity contribution < 1.29 is 4.52 Å². The molecule has 0 unspecified atom stereocenters. The number of nitrogens with one attached hydrogen (secondary N) is 2. The zero-order valence-corrected chi connectivity index (χ0v) is 11.4. The molecule has 2 aromatic rings. The molecule has 2 rings (SSSR count).